The highest BCUT2D eigenvalue weighted by Crippen LogP contribution is 2.39. The number of piperidine rings is 1. The number of hydrogen-bond acceptors (Lipinski definition) is 3. The van der Waals surface area contributed by atoms with Crippen LogP contribution in [0.5, 0.6) is 5.75 Å². The molecule has 2 heterocycles. The Morgan fingerprint density at radius 1 is 1.17 bits per heavy atom. The first kappa shape index (κ1) is 15.0. The molecule has 4 heteroatoms. The summed E-state index contributed by atoms with van der Waals surface area (Å²) >= 11 is 0. The number of benzene rings is 1. The summed E-state index contributed by atoms with van der Waals surface area (Å²) in [6.07, 6.45) is 7.38. The predicted octanol–water partition coefficient (Wildman–Crippen LogP) is 3.29. The van der Waals surface area contributed by atoms with Crippen molar-refractivity contribution in [1.82, 2.24) is 4.90 Å². The molecule has 2 fully saturated rings. The lowest BCUT2D eigenvalue weighted by Crippen LogP contribution is -2.49. The predicted molar refractivity (Wildman–Crippen MR) is 90.6 cm³/mol. The van der Waals surface area contributed by atoms with Gasteiger partial charge in [0.2, 0.25) is 5.91 Å². The first-order valence-electron chi connectivity index (χ1n) is 9.01. The topological polar surface area (TPSA) is 41.6 Å². The van der Waals surface area contributed by atoms with Gasteiger partial charge >= 0.3 is 0 Å². The Balaban J connectivity index is 1.41. The minimum Gasteiger partial charge on any atom is -0.490 e. The highest BCUT2D eigenvalue weighted by atomic mass is 16.5. The van der Waals surface area contributed by atoms with E-state index in [9.17, 15) is 4.79 Å². The van der Waals surface area contributed by atoms with Crippen LogP contribution in [0.4, 0.5) is 5.69 Å². The molecule has 0 aromatic heterocycles. The SMILES string of the molecule is O=C1Nc2ccccc2OCC12CCN(CC1CCCC1)CC2. The number of carbonyl (C=O) groups is 1. The fourth-order valence-electron chi connectivity index (χ4n) is 4.33. The van der Waals surface area contributed by atoms with Gasteiger partial charge in [0.05, 0.1) is 11.1 Å². The molecular formula is C19H26N2O2. The maximum Gasteiger partial charge on any atom is 0.234 e. The summed E-state index contributed by atoms with van der Waals surface area (Å²) in [5, 5.41) is 3.09. The van der Waals surface area contributed by atoms with Gasteiger partial charge in [0.15, 0.2) is 0 Å². The summed E-state index contributed by atoms with van der Waals surface area (Å²) in [5.41, 5.74) is 0.452. The normalized spacial score (nSPS) is 24.8. The molecule has 1 saturated carbocycles. The Labute approximate surface area is 138 Å². The highest BCUT2D eigenvalue weighted by Gasteiger charge is 2.44. The molecule has 0 atom stereocenters. The summed E-state index contributed by atoms with van der Waals surface area (Å²) in [5.74, 6) is 1.82. The number of likely N-dealkylation sites (tertiary alicyclic amines) is 1. The van der Waals surface area contributed by atoms with Gasteiger partial charge in [0, 0.05) is 6.54 Å². The number of nitrogens with one attached hydrogen (secondary N) is 1. The van der Waals surface area contributed by atoms with E-state index in [0.29, 0.717) is 6.61 Å². The largest absolute Gasteiger partial charge is 0.490 e. The van der Waals surface area contributed by atoms with Crippen molar-refractivity contribution in [3.8, 4) is 5.75 Å². The second-order valence-corrected chi connectivity index (χ2v) is 7.47. The quantitative estimate of drug-likeness (QED) is 0.911. The van der Waals surface area contributed by atoms with Crippen LogP contribution in [0.25, 0.3) is 0 Å². The van der Waals surface area contributed by atoms with Crippen molar-refractivity contribution in [1.29, 1.82) is 0 Å². The zero-order chi connectivity index (χ0) is 15.7. The Morgan fingerprint density at radius 3 is 2.70 bits per heavy atom. The lowest BCUT2D eigenvalue weighted by atomic mass is 9.78. The van der Waals surface area contributed by atoms with Crippen LogP contribution >= 0.6 is 0 Å². The van der Waals surface area contributed by atoms with Crippen LogP contribution < -0.4 is 10.1 Å². The summed E-state index contributed by atoms with van der Waals surface area (Å²) in [7, 11) is 0. The van der Waals surface area contributed by atoms with E-state index >= 15 is 0 Å². The van der Waals surface area contributed by atoms with Gasteiger partial charge < -0.3 is 15.0 Å². The highest BCUT2D eigenvalue weighted by molar-refractivity contribution is 5.97. The smallest absolute Gasteiger partial charge is 0.234 e. The van der Waals surface area contributed by atoms with Crippen LogP contribution in [-0.2, 0) is 4.79 Å². The Kier molecular flexibility index (Phi) is 4.02. The van der Waals surface area contributed by atoms with E-state index in [1.807, 2.05) is 24.3 Å². The molecule has 1 aromatic rings. The van der Waals surface area contributed by atoms with Gasteiger partial charge in [0.1, 0.15) is 12.4 Å². The van der Waals surface area contributed by atoms with Gasteiger partial charge in [0.25, 0.3) is 0 Å². The average Bonchev–Trinajstić information content (AvgIpc) is 3.04. The molecule has 1 saturated heterocycles. The van der Waals surface area contributed by atoms with E-state index in [-0.39, 0.29) is 11.3 Å². The zero-order valence-corrected chi connectivity index (χ0v) is 13.7. The lowest BCUT2D eigenvalue weighted by Gasteiger charge is -2.40. The van der Waals surface area contributed by atoms with Gasteiger partial charge in [-0.15, -0.1) is 0 Å². The van der Waals surface area contributed by atoms with Crippen molar-refractivity contribution >= 4 is 11.6 Å². The number of carbonyl (C=O) groups excluding carboxylic acids is 1. The molecule has 1 amide bonds. The van der Waals surface area contributed by atoms with Gasteiger partial charge in [-0.1, -0.05) is 25.0 Å². The third kappa shape index (κ3) is 2.97. The first-order chi connectivity index (χ1) is 11.3. The standard InChI is InChI=1S/C19H26N2O2/c22-18-19(14-23-17-8-4-3-7-16(17)20-18)9-11-21(12-10-19)13-15-5-1-2-6-15/h3-4,7-8,15H,1-2,5-6,9-14H2,(H,20,22). The minimum atomic E-state index is -0.356. The Hall–Kier alpha value is -1.55. The minimum absolute atomic E-state index is 0.142. The summed E-state index contributed by atoms with van der Waals surface area (Å²) in [4.78, 5) is 15.4. The fourth-order valence-corrected chi connectivity index (χ4v) is 4.33. The van der Waals surface area contributed by atoms with Crippen LogP contribution in [0.2, 0.25) is 0 Å². The van der Waals surface area contributed by atoms with Crippen LogP contribution in [0, 0.1) is 11.3 Å². The number of ether oxygens (including phenoxy) is 1. The van der Waals surface area contributed by atoms with Crippen molar-refractivity contribution in [2.45, 2.75) is 38.5 Å². The van der Waals surface area contributed by atoms with E-state index < -0.39 is 0 Å². The molecule has 0 bridgehead atoms. The number of anilines is 1. The molecule has 0 radical (unpaired) electrons. The third-order valence-corrected chi connectivity index (χ3v) is 5.93. The molecule has 1 aliphatic carbocycles. The number of hydrogen-bond donors (Lipinski definition) is 1. The molecule has 0 unspecified atom stereocenters. The van der Waals surface area contributed by atoms with Crippen molar-refractivity contribution < 1.29 is 9.53 Å². The zero-order valence-electron chi connectivity index (χ0n) is 13.7. The van der Waals surface area contributed by atoms with E-state index in [2.05, 4.69) is 10.2 Å². The maximum absolute atomic E-state index is 12.8. The second-order valence-electron chi connectivity index (χ2n) is 7.47. The van der Waals surface area contributed by atoms with Crippen molar-refractivity contribution in [3.63, 3.8) is 0 Å². The fraction of sp³-hybridized carbons (Fsp3) is 0.632. The first-order valence-corrected chi connectivity index (χ1v) is 9.01. The molecular weight excluding hydrogens is 288 g/mol. The second kappa shape index (κ2) is 6.16. The van der Waals surface area contributed by atoms with Crippen LogP contribution in [0.1, 0.15) is 38.5 Å². The van der Waals surface area contributed by atoms with E-state index in [1.54, 1.807) is 0 Å². The van der Waals surface area contributed by atoms with Gasteiger partial charge in [-0.2, -0.15) is 0 Å². The number of rotatable bonds is 2. The molecule has 4 rings (SSSR count). The summed E-state index contributed by atoms with van der Waals surface area (Å²) in [6, 6.07) is 7.74. The molecule has 23 heavy (non-hydrogen) atoms. The maximum atomic E-state index is 12.8. The lowest BCUT2D eigenvalue weighted by molar-refractivity contribution is -0.130. The molecule has 2 aliphatic heterocycles. The average molecular weight is 314 g/mol. The summed E-state index contributed by atoms with van der Waals surface area (Å²) in [6.45, 7) is 3.76. The number of amides is 1. The third-order valence-electron chi connectivity index (χ3n) is 5.93. The van der Waals surface area contributed by atoms with Crippen LogP contribution in [0.3, 0.4) is 0 Å². The summed E-state index contributed by atoms with van der Waals surface area (Å²) < 4.78 is 5.98. The Morgan fingerprint density at radius 2 is 1.91 bits per heavy atom. The van der Waals surface area contributed by atoms with E-state index in [4.69, 9.17) is 4.74 Å². The molecule has 1 aromatic carbocycles. The number of fused-ring (bicyclic) bond motifs is 1. The molecule has 4 nitrogen and oxygen atoms in total. The van der Waals surface area contributed by atoms with Crippen LogP contribution in [-0.4, -0.2) is 37.0 Å². The van der Waals surface area contributed by atoms with Crippen molar-refractivity contribution in [3.05, 3.63) is 24.3 Å². The Bertz CT molecular complexity index is 572. The van der Waals surface area contributed by atoms with Crippen LogP contribution in [0.15, 0.2) is 24.3 Å². The monoisotopic (exact) mass is 314 g/mol. The van der Waals surface area contributed by atoms with Gasteiger partial charge in [-0.3, -0.25) is 4.79 Å². The van der Waals surface area contributed by atoms with E-state index in [1.165, 1.54) is 32.2 Å². The van der Waals surface area contributed by atoms with Crippen molar-refractivity contribution in [2.24, 2.45) is 11.3 Å². The molecule has 3 aliphatic rings. The molecule has 1 spiro atoms. The number of nitrogens with zero attached hydrogens (tertiary/aromatic N) is 1. The number of para-hydroxylation sites is 2. The van der Waals surface area contributed by atoms with Gasteiger partial charge in [-0.25, -0.2) is 0 Å². The molecule has 124 valence electrons. The van der Waals surface area contributed by atoms with Crippen molar-refractivity contribution in [2.75, 3.05) is 31.6 Å². The van der Waals surface area contributed by atoms with E-state index in [0.717, 1.165) is 43.3 Å². The van der Waals surface area contributed by atoms with Gasteiger partial charge in [-0.05, 0) is 56.8 Å². The molecule has 1 N–H and O–H groups in total.